The van der Waals surface area contributed by atoms with Crippen LogP contribution in [0.1, 0.15) is 0 Å². The van der Waals surface area contributed by atoms with Gasteiger partial charge in [0.15, 0.2) is 0 Å². The maximum absolute atomic E-state index is 10.5. The summed E-state index contributed by atoms with van der Waals surface area (Å²) in [6.07, 6.45) is 1.74. The molecule has 0 amide bonds. The smallest absolute Gasteiger partial charge is 0.269 e. The summed E-state index contributed by atoms with van der Waals surface area (Å²) in [6.45, 7) is 1.67. The van der Waals surface area contributed by atoms with Crippen LogP contribution < -0.4 is 5.01 Å². The lowest BCUT2D eigenvalue weighted by atomic mass is 10.2. The molecule has 0 unspecified atom stereocenters. The summed E-state index contributed by atoms with van der Waals surface area (Å²) in [5, 5.41) is 16.5. The van der Waals surface area contributed by atoms with E-state index in [1.165, 1.54) is 12.1 Å². The molecule has 1 heterocycles. The van der Waals surface area contributed by atoms with Gasteiger partial charge in [-0.1, -0.05) is 0 Å². The van der Waals surface area contributed by atoms with Crippen LogP contribution in [0.25, 0.3) is 0 Å². The van der Waals surface area contributed by atoms with Crippen molar-refractivity contribution < 1.29 is 4.92 Å². The maximum atomic E-state index is 10.5. The Morgan fingerprint density at radius 3 is 2.50 bits per heavy atom. The first-order chi connectivity index (χ1) is 7.66. The molecule has 1 aliphatic heterocycles. The predicted molar refractivity (Wildman–Crippen MR) is 61.6 cm³/mol. The molecule has 0 spiro atoms. The van der Waals surface area contributed by atoms with Crippen LogP contribution in [0.4, 0.5) is 11.4 Å². The zero-order valence-electron chi connectivity index (χ0n) is 8.91. The number of hydrogen-bond donors (Lipinski definition) is 0. The highest BCUT2D eigenvalue weighted by atomic mass is 16.6. The molecule has 0 atom stereocenters. The van der Waals surface area contributed by atoms with Crippen molar-refractivity contribution >= 4 is 17.7 Å². The Morgan fingerprint density at radius 1 is 1.31 bits per heavy atom. The molecule has 0 fully saturated rings. The monoisotopic (exact) mass is 220 g/mol. The van der Waals surface area contributed by atoms with Crippen molar-refractivity contribution in [2.45, 2.75) is 0 Å². The summed E-state index contributed by atoms with van der Waals surface area (Å²) < 4.78 is 0. The van der Waals surface area contributed by atoms with Crippen molar-refractivity contribution in [2.24, 2.45) is 5.10 Å². The van der Waals surface area contributed by atoms with E-state index in [1.807, 2.05) is 17.0 Å². The highest BCUT2D eigenvalue weighted by molar-refractivity contribution is 5.60. The summed E-state index contributed by atoms with van der Waals surface area (Å²) in [7, 11) is 1.96. The maximum Gasteiger partial charge on any atom is 0.269 e. The number of likely N-dealkylation sites (N-methyl/N-ethyl adjacent to an activating group) is 1. The topological polar surface area (TPSA) is 62.0 Å². The van der Waals surface area contributed by atoms with Crippen molar-refractivity contribution in [3.8, 4) is 0 Å². The van der Waals surface area contributed by atoms with E-state index in [4.69, 9.17) is 0 Å². The third kappa shape index (κ3) is 2.10. The van der Waals surface area contributed by atoms with Crippen molar-refractivity contribution in [1.29, 1.82) is 0 Å². The van der Waals surface area contributed by atoms with Crippen LogP contribution in [-0.4, -0.2) is 36.3 Å². The molecule has 0 aromatic heterocycles. The Hall–Kier alpha value is -2.11. The summed E-state index contributed by atoms with van der Waals surface area (Å²) in [5.74, 6) is 0. The molecule has 0 radical (unpaired) electrons. The molecule has 1 aromatic carbocycles. The minimum Gasteiger partial charge on any atom is -0.362 e. The Balaban J connectivity index is 2.16. The number of non-ortho nitro benzene ring substituents is 1. The third-order valence-electron chi connectivity index (χ3n) is 2.41. The standard InChI is InChI=1S/C10H12N4O2/c1-12-6-7-13(11-8-12)9-2-4-10(5-3-9)14(15)16/h2-5,8H,6-7H2,1H3. The normalized spacial score (nSPS) is 15.3. The molecule has 6 nitrogen and oxygen atoms in total. The van der Waals surface area contributed by atoms with Gasteiger partial charge in [0, 0.05) is 25.7 Å². The molecular weight excluding hydrogens is 208 g/mol. The molecular formula is C10H12N4O2. The molecule has 16 heavy (non-hydrogen) atoms. The fraction of sp³-hybridized carbons (Fsp3) is 0.300. The zero-order valence-corrected chi connectivity index (χ0v) is 8.91. The largest absolute Gasteiger partial charge is 0.362 e. The Bertz CT molecular complexity index is 415. The van der Waals surface area contributed by atoms with Gasteiger partial charge >= 0.3 is 0 Å². The van der Waals surface area contributed by atoms with Crippen molar-refractivity contribution in [3.05, 3.63) is 34.4 Å². The number of benzene rings is 1. The second-order valence-electron chi connectivity index (χ2n) is 3.61. The molecule has 6 heteroatoms. The van der Waals surface area contributed by atoms with Crippen LogP contribution in [0.5, 0.6) is 0 Å². The summed E-state index contributed by atoms with van der Waals surface area (Å²) in [5.41, 5.74) is 0.969. The van der Waals surface area contributed by atoms with E-state index in [0.29, 0.717) is 0 Å². The number of nitro benzene ring substituents is 1. The van der Waals surface area contributed by atoms with Gasteiger partial charge in [-0.05, 0) is 12.1 Å². The fourth-order valence-corrected chi connectivity index (χ4v) is 1.46. The zero-order chi connectivity index (χ0) is 11.5. The van der Waals surface area contributed by atoms with Gasteiger partial charge in [-0.3, -0.25) is 15.1 Å². The molecule has 1 aliphatic rings. The van der Waals surface area contributed by atoms with E-state index in [9.17, 15) is 10.1 Å². The van der Waals surface area contributed by atoms with Gasteiger partial charge in [0.1, 0.15) is 6.34 Å². The van der Waals surface area contributed by atoms with Gasteiger partial charge in [0.2, 0.25) is 0 Å². The van der Waals surface area contributed by atoms with Gasteiger partial charge in [0.05, 0.1) is 17.2 Å². The first-order valence-corrected chi connectivity index (χ1v) is 4.93. The van der Waals surface area contributed by atoms with Crippen molar-refractivity contribution in [1.82, 2.24) is 4.90 Å². The molecule has 0 saturated heterocycles. The Labute approximate surface area is 92.9 Å². The molecule has 2 rings (SSSR count). The molecule has 0 N–H and O–H groups in total. The van der Waals surface area contributed by atoms with E-state index in [-0.39, 0.29) is 5.69 Å². The summed E-state index contributed by atoms with van der Waals surface area (Å²) in [4.78, 5) is 12.1. The van der Waals surface area contributed by atoms with E-state index in [0.717, 1.165) is 18.8 Å². The molecule has 0 aliphatic carbocycles. The van der Waals surface area contributed by atoms with Crippen LogP contribution in [-0.2, 0) is 0 Å². The van der Waals surface area contributed by atoms with Crippen LogP contribution in [0.2, 0.25) is 0 Å². The second kappa shape index (κ2) is 4.18. The van der Waals surface area contributed by atoms with E-state index < -0.39 is 4.92 Å². The van der Waals surface area contributed by atoms with Gasteiger partial charge in [-0.15, -0.1) is 0 Å². The summed E-state index contributed by atoms with van der Waals surface area (Å²) in [6, 6.07) is 6.40. The first kappa shape index (κ1) is 10.4. The van der Waals surface area contributed by atoms with Crippen molar-refractivity contribution in [3.63, 3.8) is 0 Å². The summed E-state index contributed by atoms with van der Waals surface area (Å²) >= 11 is 0. The molecule has 0 saturated carbocycles. The average Bonchev–Trinajstić information content (AvgIpc) is 2.30. The van der Waals surface area contributed by atoms with E-state index in [2.05, 4.69) is 5.10 Å². The SMILES string of the molecule is CN1C=NN(c2ccc([N+](=O)[O-])cc2)CC1. The number of rotatable bonds is 2. The quantitative estimate of drug-likeness (QED) is 0.556. The third-order valence-corrected chi connectivity index (χ3v) is 2.41. The highest BCUT2D eigenvalue weighted by Crippen LogP contribution is 2.20. The van der Waals surface area contributed by atoms with Crippen LogP contribution >= 0.6 is 0 Å². The Kier molecular flexibility index (Phi) is 2.72. The van der Waals surface area contributed by atoms with Gasteiger partial charge in [0.25, 0.3) is 5.69 Å². The second-order valence-corrected chi connectivity index (χ2v) is 3.61. The first-order valence-electron chi connectivity index (χ1n) is 4.93. The number of anilines is 1. The van der Waals surface area contributed by atoms with Gasteiger partial charge < -0.3 is 4.90 Å². The minimum absolute atomic E-state index is 0.0989. The molecule has 0 bridgehead atoms. The Morgan fingerprint density at radius 2 is 2.00 bits per heavy atom. The number of hydrogen-bond acceptors (Lipinski definition) is 5. The van der Waals surface area contributed by atoms with E-state index >= 15 is 0 Å². The lowest BCUT2D eigenvalue weighted by molar-refractivity contribution is -0.384. The van der Waals surface area contributed by atoms with Crippen LogP contribution in [0, 0.1) is 10.1 Å². The molecule has 1 aromatic rings. The van der Waals surface area contributed by atoms with E-state index in [1.54, 1.807) is 18.5 Å². The minimum atomic E-state index is -0.406. The number of nitro groups is 1. The molecule has 84 valence electrons. The predicted octanol–water partition coefficient (Wildman–Crippen LogP) is 1.29. The lowest BCUT2D eigenvalue weighted by Crippen LogP contribution is -2.35. The van der Waals surface area contributed by atoms with Gasteiger partial charge in [-0.2, -0.15) is 5.10 Å². The van der Waals surface area contributed by atoms with Crippen molar-refractivity contribution in [2.75, 3.05) is 25.1 Å². The highest BCUT2D eigenvalue weighted by Gasteiger charge is 2.11. The fourth-order valence-electron chi connectivity index (χ4n) is 1.46. The van der Waals surface area contributed by atoms with Crippen LogP contribution in [0.3, 0.4) is 0 Å². The van der Waals surface area contributed by atoms with Crippen LogP contribution in [0.15, 0.2) is 29.4 Å². The lowest BCUT2D eigenvalue weighted by Gasteiger charge is -2.27. The number of hydrazone groups is 1. The number of nitrogens with zero attached hydrogens (tertiary/aromatic N) is 4. The average molecular weight is 220 g/mol. The van der Waals surface area contributed by atoms with Gasteiger partial charge in [-0.25, -0.2) is 0 Å².